The van der Waals surface area contributed by atoms with E-state index < -0.39 is 12.1 Å². The molecule has 2 N–H and O–H groups in total. The summed E-state index contributed by atoms with van der Waals surface area (Å²) in [7, 11) is 1.63. The zero-order valence-corrected chi connectivity index (χ0v) is 16.0. The number of carbonyl (C=O) groups is 3. The average molecular weight is 395 g/mol. The van der Waals surface area contributed by atoms with Crippen molar-refractivity contribution < 1.29 is 19.1 Å². The van der Waals surface area contributed by atoms with Gasteiger partial charge in [0.05, 0.1) is 19.3 Å². The lowest BCUT2D eigenvalue weighted by atomic mass is 10.1. The predicted molar refractivity (Wildman–Crippen MR) is 102 cm³/mol. The number of nitrogens with zero attached hydrogens (tertiary/aromatic N) is 3. The fraction of sp³-hybridized carbons (Fsp3) is 0.350. The molecule has 3 heterocycles. The van der Waals surface area contributed by atoms with Crippen LogP contribution in [0.5, 0.6) is 5.75 Å². The predicted octanol–water partition coefficient (Wildman–Crippen LogP) is 0.906. The zero-order valence-electron chi connectivity index (χ0n) is 16.0. The van der Waals surface area contributed by atoms with Gasteiger partial charge in [-0.15, -0.1) is 0 Å². The molecule has 1 atom stereocenters. The van der Waals surface area contributed by atoms with Gasteiger partial charge in [0.2, 0.25) is 5.91 Å². The fourth-order valence-electron chi connectivity index (χ4n) is 3.47. The minimum Gasteiger partial charge on any atom is -0.497 e. The Bertz CT molecular complexity index is 960. The number of carbonyl (C=O) groups excluding carboxylic acids is 3. The summed E-state index contributed by atoms with van der Waals surface area (Å²) >= 11 is 0. The van der Waals surface area contributed by atoms with Crippen molar-refractivity contribution in [3.63, 3.8) is 0 Å². The minimum absolute atomic E-state index is 0.0753. The van der Waals surface area contributed by atoms with Gasteiger partial charge in [0.1, 0.15) is 17.6 Å². The lowest BCUT2D eigenvalue weighted by Gasteiger charge is -2.15. The second-order valence-corrected chi connectivity index (χ2v) is 7.09. The third-order valence-electron chi connectivity index (χ3n) is 5.09. The van der Waals surface area contributed by atoms with Crippen molar-refractivity contribution in [3.8, 4) is 5.75 Å². The number of rotatable bonds is 6. The van der Waals surface area contributed by atoms with Crippen LogP contribution in [0.25, 0.3) is 0 Å². The Morgan fingerprint density at radius 1 is 1.24 bits per heavy atom. The fourth-order valence-corrected chi connectivity index (χ4v) is 3.47. The highest BCUT2D eigenvalue weighted by molar-refractivity contribution is 6.04. The molecule has 1 fully saturated rings. The molecule has 2 aliphatic heterocycles. The third kappa shape index (κ3) is 4.18. The molecule has 2 aromatic rings. The van der Waals surface area contributed by atoms with Gasteiger partial charge in [-0.05, 0) is 24.1 Å². The molecule has 1 aromatic heterocycles. The van der Waals surface area contributed by atoms with Gasteiger partial charge in [0, 0.05) is 31.1 Å². The monoisotopic (exact) mass is 395 g/mol. The van der Waals surface area contributed by atoms with Gasteiger partial charge >= 0.3 is 6.03 Å². The largest absolute Gasteiger partial charge is 0.497 e. The van der Waals surface area contributed by atoms with Crippen LogP contribution in [0, 0.1) is 0 Å². The first-order valence-corrected chi connectivity index (χ1v) is 9.37. The second kappa shape index (κ2) is 7.86. The number of methoxy groups -OCH3 is 1. The van der Waals surface area contributed by atoms with E-state index in [0.717, 1.165) is 22.6 Å². The van der Waals surface area contributed by atoms with Crippen LogP contribution >= 0.6 is 0 Å². The van der Waals surface area contributed by atoms with Crippen LogP contribution in [0.3, 0.4) is 0 Å². The Kier molecular flexibility index (Phi) is 5.11. The van der Waals surface area contributed by atoms with Gasteiger partial charge in [0.25, 0.3) is 5.91 Å². The standard InChI is InChI=1S/C20H21N5O4/c1-29-14-4-2-12(3-5-14)8-17-21-9-13-10-25(11-16(13)22-17)18(26)7-6-15-19(27)24-20(28)23-15/h2-5,9,15H,6-8,10-11H2,1H3,(H2,23,24,27,28)/t15-/m0/s1. The molecule has 29 heavy (non-hydrogen) atoms. The van der Waals surface area contributed by atoms with Crippen LogP contribution < -0.4 is 15.4 Å². The van der Waals surface area contributed by atoms with Crippen molar-refractivity contribution in [2.45, 2.75) is 38.4 Å². The van der Waals surface area contributed by atoms with Gasteiger partial charge in [-0.3, -0.25) is 14.9 Å². The molecule has 0 spiro atoms. The van der Waals surface area contributed by atoms with Crippen LogP contribution in [-0.2, 0) is 29.1 Å². The smallest absolute Gasteiger partial charge is 0.322 e. The summed E-state index contributed by atoms with van der Waals surface area (Å²) in [5, 5.41) is 4.67. The molecule has 0 bridgehead atoms. The number of benzene rings is 1. The molecule has 9 heteroatoms. The molecule has 1 aromatic carbocycles. The minimum atomic E-state index is -0.646. The van der Waals surface area contributed by atoms with E-state index in [4.69, 9.17) is 4.74 Å². The number of amides is 4. The lowest BCUT2D eigenvalue weighted by Crippen LogP contribution is -2.32. The SMILES string of the molecule is COc1ccc(Cc2ncc3c(n2)CN(C(=O)CC[C@@H]2NC(=O)NC2=O)C3)cc1. The highest BCUT2D eigenvalue weighted by Crippen LogP contribution is 2.22. The Morgan fingerprint density at radius 2 is 2.03 bits per heavy atom. The lowest BCUT2D eigenvalue weighted by molar-refractivity contribution is -0.132. The van der Waals surface area contributed by atoms with E-state index in [1.807, 2.05) is 24.3 Å². The van der Waals surface area contributed by atoms with Crippen molar-refractivity contribution in [2.75, 3.05) is 7.11 Å². The number of imide groups is 1. The first-order chi connectivity index (χ1) is 14.0. The molecule has 0 aliphatic carbocycles. The van der Waals surface area contributed by atoms with Crippen LogP contribution in [0.2, 0.25) is 0 Å². The van der Waals surface area contributed by atoms with Gasteiger partial charge < -0.3 is 15.0 Å². The highest BCUT2D eigenvalue weighted by Gasteiger charge is 2.31. The molecule has 0 radical (unpaired) electrons. The summed E-state index contributed by atoms with van der Waals surface area (Å²) in [4.78, 5) is 46.0. The summed E-state index contributed by atoms with van der Waals surface area (Å²) in [6, 6.07) is 6.59. The number of aromatic nitrogens is 2. The van der Waals surface area contributed by atoms with Crippen molar-refractivity contribution in [3.05, 3.63) is 53.1 Å². The van der Waals surface area contributed by atoms with Crippen LogP contribution in [0.1, 0.15) is 35.5 Å². The Hall–Kier alpha value is -3.49. The molecule has 0 unspecified atom stereocenters. The summed E-state index contributed by atoms with van der Waals surface area (Å²) in [6.07, 6.45) is 2.83. The van der Waals surface area contributed by atoms with E-state index in [1.165, 1.54) is 0 Å². The van der Waals surface area contributed by atoms with Crippen molar-refractivity contribution in [2.24, 2.45) is 0 Å². The number of urea groups is 1. The van der Waals surface area contributed by atoms with E-state index in [2.05, 4.69) is 20.6 Å². The summed E-state index contributed by atoms with van der Waals surface area (Å²) < 4.78 is 5.17. The first kappa shape index (κ1) is 18.9. The maximum absolute atomic E-state index is 12.5. The van der Waals surface area contributed by atoms with E-state index in [9.17, 15) is 14.4 Å². The molecular formula is C20H21N5O4. The van der Waals surface area contributed by atoms with E-state index >= 15 is 0 Å². The quantitative estimate of drug-likeness (QED) is 0.703. The molecule has 2 aliphatic rings. The second-order valence-electron chi connectivity index (χ2n) is 7.09. The van der Waals surface area contributed by atoms with Gasteiger partial charge in [-0.1, -0.05) is 12.1 Å². The van der Waals surface area contributed by atoms with Gasteiger partial charge in [-0.25, -0.2) is 14.8 Å². The summed E-state index contributed by atoms with van der Waals surface area (Å²) in [5.74, 6) is 1.04. The van der Waals surface area contributed by atoms with Crippen LogP contribution in [0.15, 0.2) is 30.5 Å². The number of hydrogen-bond acceptors (Lipinski definition) is 6. The summed E-state index contributed by atoms with van der Waals surface area (Å²) in [6.45, 7) is 0.885. The summed E-state index contributed by atoms with van der Waals surface area (Å²) in [5.41, 5.74) is 2.86. The Labute approximate surface area is 167 Å². The maximum Gasteiger partial charge on any atom is 0.322 e. The van der Waals surface area contributed by atoms with Gasteiger partial charge in [0.15, 0.2) is 0 Å². The molecule has 4 rings (SSSR count). The highest BCUT2D eigenvalue weighted by atomic mass is 16.5. The molecule has 150 valence electrons. The van der Waals surface area contributed by atoms with Crippen molar-refractivity contribution in [1.82, 2.24) is 25.5 Å². The van der Waals surface area contributed by atoms with E-state index in [1.54, 1.807) is 18.2 Å². The van der Waals surface area contributed by atoms with E-state index in [-0.39, 0.29) is 24.7 Å². The topological polar surface area (TPSA) is 114 Å². The van der Waals surface area contributed by atoms with Crippen LogP contribution in [-0.4, -0.2) is 45.9 Å². The normalized spacial score (nSPS) is 17.7. The number of fused-ring (bicyclic) bond motifs is 1. The number of nitrogens with one attached hydrogen (secondary N) is 2. The number of hydrogen-bond donors (Lipinski definition) is 2. The van der Waals surface area contributed by atoms with Crippen molar-refractivity contribution in [1.29, 1.82) is 0 Å². The molecule has 9 nitrogen and oxygen atoms in total. The third-order valence-corrected chi connectivity index (χ3v) is 5.09. The van der Waals surface area contributed by atoms with E-state index in [0.29, 0.717) is 25.3 Å². The molecule has 1 saturated heterocycles. The molecule has 4 amide bonds. The van der Waals surface area contributed by atoms with Crippen molar-refractivity contribution >= 4 is 17.8 Å². The van der Waals surface area contributed by atoms with Gasteiger partial charge in [-0.2, -0.15) is 0 Å². The Morgan fingerprint density at radius 3 is 2.72 bits per heavy atom. The number of ether oxygens (including phenoxy) is 1. The first-order valence-electron chi connectivity index (χ1n) is 9.37. The molecular weight excluding hydrogens is 374 g/mol. The Balaban J connectivity index is 1.34. The average Bonchev–Trinajstić information content (AvgIpc) is 3.28. The zero-order chi connectivity index (χ0) is 20.4. The molecule has 0 saturated carbocycles. The maximum atomic E-state index is 12.5. The van der Waals surface area contributed by atoms with Crippen LogP contribution in [0.4, 0.5) is 4.79 Å².